The van der Waals surface area contributed by atoms with Crippen molar-refractivity contribution in [2.24, 2.45) is 0 Å². The monoisotopic (exact) mass is 290 g/mol. The second-order valence-electron chi connectivity index (χ2n) is 4.78. The molecule has 112 valence electrons. The molecule has 1 aromatic heterocycles. The van der Waals surface area contributed by atoms with Crippen LogP contribution < -0.4 is 5.32 Å². The van der Waals surface area contributed by atoms with Crippen molar-refractivity contribution in [2.75, 3.05) is 6.54 Å². The zero-order valence-electron chi connectivity index (χ0n) is 11.7. The molecule has 0 aliphatic heterocycles. The van der Waals surface area contributed by atoms with Crippen LogP contribution >= 0.6 is 0 Å². The van der Waals surface area contributed by atoms with Crippen LogP contribution in [0.4, 0.5) is 0 Å². The number of nitrogens with zero attached hydrogens (tertiary/aromatic N) is 1. The fourth-order valence-electron chi connectivity index (χ4n) is 1.96. The summed E-state index contributed by atoms with van der Waals surface area (Å²) < 4.78 is 5.53. The molecule has 21 heavy (non-hydrogen) atoms. The van der Waals surface area contributed by atoms with Crippen LogP contribution in [0.3, 0.4) is 0 Å². The van der Waals surface area contributed by atoms with Crippen LogP contribution in [0.1, 0.15) is 31.6 Å². The Labute approximate surface area is 122 Å². The molecular weight excluding hydrogens is 272 g/mol. The molecule has 1 amide bonds. The number of carboxylic acids is 1. The molecule has 0 saturated carbocycles. The minimum absolute atomic E-state index is 0.0763. The maximum atomic E-state index is 11.6. The number of carboxylic acid groups (broad SMARTS) is 1. The number of rotatable bonds is 8. The number of amides is 1. The highest BCUT2D eigenvalue weighted by atomic mass is 16.4. The minimum atomic E-state index is -0.808. The molecule has 2 N–H and O–H groups in total. The fourth-order valence-corrected chi connectivity index (χ4v) is 1.96. The number of nitrogens with one attached hydrogen (secondary N) is 1. The number of para-hydroxylation sites is 2. The van der Waals surface area contributed by atoms with Gasteiger partial charge in [0, 0.05) is 25.8 Å². The van der Waals surface area contributed by atoms with Crippen molar-refractivity contribution in [1.82, 2.24) is 10.3 Å². The van der Waals surface area contributed by atoms with Gasteiger partial charge in [0.15, 0.2) is 11.5 Å². The smallest absolute Gasteiger partial charge is 0.303 e. The summed E-state index contributed by atoms with van der Waals surface area (Å²) in [4.78, 5) is 26.3. The number of unbranched alkanes of at least 4 members (excludes halogenated alkanes) is 1. The molecule has 0 spiro atoms. The van der Waals surface area contributed by atoms with Gasteiger partial charge in [-0.2, -0.15) is 0 Å². The van der Waals surface area contributed by atoms with Crippen molar-refractivity contribution in [3.05, 3.63) is 30.2 Å². The molecule has 2 aromatic rings. The first-order chi connectivity index (χ1) is 10.1. The number of hydrogen-bond acceptors (Lipinski definition) is 4. The molecule has 6 heteroatoms. The van der Waals surface area contributed by atoms with Gasteiger partial charge in [0.25, 0.3) is 0 Å². The van der Waals surface area contributed by atoms with Gasteiger partial charge in [-0.05, 0) is 25.0 Å². The second kappa shape index (κ2) is 7.42. The van der Waals surface area contributed by atoms with E-state index < -0.39 is 5.97 Å². The van der Waals surface area contributed by atoms with Crippen LogP contribution in [0, 0.1) is 0 Å². The normalized spacial score (nSPS) is 10.7. The number of aromatic nitrogens is 1. The molecule has 0 radical (unpaired) electrons. The molecular formula is C15H18N2O4. The SMILES string of the molecule is O=C(O)CCCCNC(=O)CCc1nc2ccccc2o1. The van der Waals surface area contributed by atoms with Crippen molar-refractivity contribution < 1.29 is 19.1 Å². The topological polar surface area (TPSA) is 92.4 Å². The third-order valence-electron chi connectivity index (χ3n) is 3.04. The van der Waals surface area contributed by atoms with Gasteiger partial charge in [0.2, 0.25) is 5.91 Å². The van der Waals surface area contributed by atoms with E-state index in [0.717, 1.165) is 11.1 Å². The number of aliphatic carboxylic acids is 1. The third-order valence-corrected chi connectivity index (χ3v) is 3.04. The molecule has 0 aliphatic carbocycles. The summed E-state index contributed by atoms with van der Waals surface area (Å²) in [5, 5.41) is 11.2. The zero-order valence-corrected chi connectivity index (χ0v) is 11.7. The Kier molecular flexibility index (Phi) is 5.31. The van der Waals surface area contributed by atoms with Gasteiger partial charge in [-0.25, -0.2) is 4.98 Å². The molecule has 6 nitrogen and oxygen atoms in total. The lowest BCUT2D eigenvalue weighted by Crippen LogP contribution is -2.24. The lowest BCUT2D eigenvalue weighted by atomic mass is 10.2. The Morgan fingerprint density at radius 1 is 1.19 bits per heavy atom. The number of carbonyl (C=O) groups excluding carboxylic acids is 1. The summed E-state index contributed by atoms with van der Waals surface area (Å²) >= 11 is 0. The lowest BCUT2D eigenvalue weighted by molar-refractivity contribution is -0.137. The van der Waals surface area contributed by atoms with Crippen LogP contribution in [0.5, 0.6) is 0 Å². The Bertz CT molecular complexity index is 588. The van der Waals surface area contributed by atoms with Crippen LogP contribution in [-0.4, -0.2) is 28.5 Å². The molecule has 0 fully saturated rings. The van der Waals surface area contributed by atoms with Crippen LogP contribution in [0.15, 0.2) is 28.7 Å². The average molecular weight is 290 g/mol. The molecule has 0 atom stereocenters. The van der Waals surface area contributed by atoms with E-state index in [2.05, 4.69) is 10.3 Å². The van der Waals surface area contributed by atoms with Crippen molar-refractivity contribution >= 4 is 23.0 Å². The summed E-state index contributed by atoms with van der Waals surface area (Å²) in [5.74, 6) is -0.331. The van der Waals surface area contributed by atoms with Crippen LogP contribution in [0.25, 0.3) is 11.1 Å². The molecule has 1 heterocycles. The van der Waals surface area contributed by atoms with Gasteiger partial charge in [-0.15, -0.1) is 0 Å². The first-order valence-corrected chi connectivity index (χ1v) is 6.98. The van der Waals surface area contributed by atoms with Gasteiger partial charge >= 0.3 is 5.97 Å². The summed E-state index contributed by atoms with van der Waals surface area (Å²) in [6.45, 7) is 0.500. The predicted molar refractivity (Wildman–Crippen MR) is 76.8 cm³/mol. The standard InChI is InChI=1S/C15H18N2O4/c18-13(16-10-4-3-7-15(19)20)8-9-14-17-11-5-1-2-6-12(11)21-14/h1-2,5-6H,3-4,7-10H2,(H,16,18)(H,19,20). The summed E-state index contributed by atoms with van der Waals surface area (Å²) in [6, 6.07) is 7.47. The number of benzene rings is 1. The van der Waals surface area contributed by atoms with Gasteiger partial charge in [0.1, 0.15) is 5.52 Å². The van der Waals surface area contributed by atoms with E-state index in [1.807, 2.05) is 24.3 Å². The van der Waals surface area contributed by atoms with E-state index in [-0.39, 0.29) is 12.3 Å². The van der Waals surface area contributed by atoms with Gasteiger partial charge in [-0.3, -0.25) is 9.59 Å². The van der Waals surface area contributed by atoms with Crippen LogP contribution in [-0.2, 0) is 16.0 Å². The Balaban J connectivity index is 1.67. The first kappa shape index (κ1) is 15.0. The number of aryl methyl sites for hydroxylation is 1. The highest BCUT2D eigenvalue weighted by molar-refractivity contribution is 5.76. The fraction of sp³-hybridized carbons (Fsp3) is 0.400. The molecule has 0 unspecified atom stereocenters. The van der Waals surface area contributed by atoms with E-state index >= 15 is 0 Å². The van der Waals surface area contributed by atoms with Crippen molar-refractivity contribution in [3.8, 4) is 0 Å². The maximum Gasteiger partial charge on any atom is 0.303 e. The first-order valence-electron chi connectivity index (χ1n) is 6.98. The number of hydrogen-bond donors (Lipinski definition) is 2. The summed E-state index contributed by atoms with van der Waals surface area (Å²) in [7, 11) is 0. The van der Waals surface area contributed by atoms with Gasteiger partial charge in [-0.1, -0.05) is 12.1 Å². The molecule has 0 saturated heterocycles. The predicted octanol–water partition coefficient (Wildman–Crippen LogP) is 2.13. The Morgan fingerprint density at radius 2 is 2.00 bits per heavy atom. The third kappa shape index (κ3) is 4.91. The average Bonchev–Trinajstić information content (AvgIpc) is 2.87. The molecule has 0 bridgehead atoms. The summed E-state index contributed by atoms with van der Waals surface area (Å²) in [5.41, 5.74) is 1.52. The van der Waals surface area contributed by atoms with Crippen LogP contribution in [0.2, 0.25) is 0 Å². The quantitative estimate of drug-likeness (QED) is 0.726. The molecule has 2 rings (SSSR count). The van der Waals surface area contributed by atoms with Gasteiger partial charge in [0.05, 0.1) is 0 Å². The number of carbonyl (C=O) groups is 2. The highest BCUT2D eigenvalue weighted by Gasteiger charge is 2.08. The molecule has 1 aromatic carbocycles. The van der Waals surface area contributed by atoms with Gasteiger partial charge < -0.3 is 14.8 Å². The zero-order chi connectivity index (χ0) is 15.1. The largest absolute Gasteiger partial charge is 0.481 e. The lowest BCUT2D eigenvalue weighted by Gasteiger charge is -2.03. The number of fused-ring (bicyclic) bond motifs is 1. The van der Waals surface area contributed by atoms with E-state index in [1.165, 1.54) is 0 Å². The van der Waals surface area contributed by atoms with E-state index in [9.17, 15) is 9.59 Å². The van der Waals surface area contributed by atoms with Crippen molar-refractivity contribution in [3.63, 3.8) is 0 Å². The van der Waals surface area contributed by atoms with E-state index in [0.29, 0.717) is 38.1 Å². The molecule has 0 aliphatic rings. The van der Waals surface area contributed by atoms with Crippen molar-refractivity contribution in [2.45, 2.75) is 32.1 Å². The van der Waals surface area contributed by atoms with Crippen molar-refractivity contribution in [1.29, 1.82) is 0 Å². The second-order valence-corrected chi connectivity index (χ2v) is 4.78. The Hall–Kier alpha value is -2.37. The van der Waals surface area contributed by atoms with E-state index in [4.69, 9.17) is 9.52 Å². The minimum Gasteiger partial charge on any atom is -0.481 e. The maximum absolute atomic E-state index is 11.6. The Morgan fingerprint density at radius 3 is 2.76 bits per heavy atom. The van der Waals surface area contributed by atoms with E-state index in [1.54, 1.807) is 0 Å². The summed E-state index contributed by atoms with van der Waals surface area (Å²) in [6.07, 6.45) is 2.14. The highest BCUT2D eigenvalue weighted by Crippen LogP contribution is 2.15. The number of oxazole rings is 1.